The maximum Gasteiger partial charge on any atom is 0.121 e. The Morgan fingerprint density at radius 1 is 0.450 bits per heavy atom. The van der Waals surface area contributed by atoms with E-state index in [1.54, 1.807) is 6.07 Å². The zero-order valence-corrected chi connectivity index (χ0v) is 24.8. The van der Waals surface area contributed by atoms with Crippen molar-refractivity contribution in [1.29, 1.82) is 0 Å². The highest BCUT2D eigenvalue weighted by atomic mass is 16.3. The van der Waals surface area contributed by atoms with Gasteiger partial charge in [-0.1, -0.05) is 48.5 Å². The minimum absolute atomic E-state index is 0.294. The van der Waals surface area contributed by atoms with E-state index in [1.165, 1.54) is 0 Å². The van der Waals surface area contributed by atoms with E-state index >= 15 is 0 Å². The highest BCUT2D eigenvalue weighted by molar-refractivity contribution is 5.53. The number of aromatic hydroxyl groups is 4. The van der Waals surface area contributed by atoms with Crippen LogP contribution < -0.4 is 0 Å². The second kappa shape index (κ2) is 11.3. The van der Waals surface area contributed by atoms with Gasteiger partial charge in [0, 0.05) is 5.41 Å². The molecule has 4 nitrogen and oxygen atoms in total. The Morgan fingerprint density at radius 3 is 1.20 bits per heavy atom. The van der Waals surface area contributed by atoms with Crippen molar-refractivity contribution in [3.63, 3.8) is 0 Å². The van der Waals surface area contributed by atoms with Crippen LogP contribution in [0, 0.1) is 48.5 Å². The minimum atomic E-state index is -0.433. The molecule has 0 heterocycles. The minimum Gasteiger partial charge on any atom is -0.508 e. The van der Waals surface area contributed by atoms with E-state index in [0.717, 1.165) is 86.9 Å². The van der Waals surface area contributed by atoms with Crippen LogP contribution in [0.3, 0.4) is 0 Å². The summed E-state index contributed by atoms with van der Waals surface area (Å²) in [6, 6.07) is 18.4. The first kappa shape index (κ1) is 29.1. The summed E-state index contributed by atoms with van der Waals surface area (Å²) in [5, 5.41) is 41.8. The Morgan fingerprint density at radius 2 is 0.800 bits per heavy atom. The fourth-order valence-corrected chi connectivity index (χ4v) is 6.11. The largest absolute Gasteiger partial charge is 0.508 e. The van der Waals surface area contributed by atoms with Gasteiger partial charge in [-0.15, -0.1) is 0 Å². The molecule has 0 aliphatic carbocycles. The van der Waals surface area contributed by atoms with E-state index in [4.69, 9.17) is 0 Å². The van der Waals surface area contributed by atoms with Crippen LogP contribution in [-0.2, 0) is 18.3 Å². The first-order chi connectivity index (χ1) is 18.8. The molecule has 0 saturated heterocycles. The lowest BCUT2D eigenvalue weighted by Gasteiger charge is -2.37. The van der Waals surface area contributed by atoms with Crippen molar-refractivity contribution < 1.29 is 20.4 Å². The zero-order chi connectivity index (χ0) is 29.4. The van der Waals surface area contributed by atoms with E-state index in [0.29, 0.717) is 23.0 Å². The second-order valence-corrected chi connectivity index (χ2v) is 11.7. The SMILES string of the molecule is Cc1cc(CCC(CCc2cc(C)c(O)c(C)c2)(c2cc(C)c(O)c(C)c2)c2cc(C)c(O)c(C)c2)ccc1O. The molecule has 0 amide bonds. The van der Waals surface area contributed by atoms with Gasteiger partial charge in [-0.25, -0.2) is 0 Å². The van der Waals surface area contributed by atoms with Crippen molar-refractivity contribution >= 4 is 0 Å². The number of benzene rings is 4. The van der Waals surface area contributed by atoms with Crippen molar-refractivity contribution in [2.24, 2.45) is 0 Å². The molecule has 4 N–H and O–H groups in total. The topological polar surface area (TPSA) is 80.9 Å². The van der Waals surface area contributed by atoms with E-state index < -0.39 is 5.41 Å². The van der Waals surface area contributed by atoms with Gasteiger partial charge in [0.25, 0.3) is 0 Å². The Labute approximate surface area is 238 Å². The average Bonchev–Trinajstić information content (AvgIpc) is 2.90. The van der Waals surface area contributed by atoms with Crippen molar-refractivity contribution in [2.75, 3.05) is 0 Å². The summed E-state index contributed by atoms with van der Waals surface area (Å²) in [5.74, 6) is 1.26. The molecule has 4 aromatic rings. The molecule has 0 fully saturated rings. The second-order valence-electron chi connectivity index (χ2n) is 11.7. The lowest BCUT2D eigenvalue weighted by atomic mass is 9.66. The average molecular weight is 539 g/mol. The fourth-order valence-electron chi connectivity index (χ4n) is 6.11. The lowest BCUT2D eigenvalue weighted by molar-refractivity contribution is 0.427. The zero-order valence-electron chi connectivity index (χ0n) is 24.8. The molecule has 0 unspecified atom stereocenters. The van der Waals surface area contributed by atoms with Crippen LogP contribution in [0.25, 0.3) is 0 Å². The Bertz CT molecular complexity index is 1440. The molecule has 0 radical (unpaired) electrons. The Balaban J connectivity index is 1.92. The van der Waals surface area contributed by atoms with Gasteiger partial charge in [-0.05, 0) is 141 Å². The number of rotatable bonds is 8. The molecule has 0 aromatic heterocycles. The third kappa shape index (κ3) is 5.67. The normalized spacial score (nSPS) is 11.7. The molecule has 0 aliphatic heterocycles. The monoisotopic (exact) mass is 538 g/mol. The summed E-state index contributed by atoms with van der Waals surface area (Å²) in [6.07, 6.45) is 3.16. The molecule has 0 bridgehead atoms. The number of phenols is 4. The van der Waals surface area contributed by atoms with Crippen LogP contribution >= 0.6 is 0 Å². The highest BCUT2D eigenvalue weighted by Gasteiger charge is 2.35. The van der Waals surface area contributed by atoms with Crippen molar-refractivity contribution in [3.05, 3.63) is 116 Å². The highest BCUT2D eigenvalue weighted by Crippen LogP contribution is 2.45. The predicted octanol–water partition coefficient (Wildman–Crippen LogP) is 8.22. The molecular formula is C36H42O4. The molecule has 210 valence electrons. The molecule has 40 heavy (non-hydrogen) atoms. The molecular weight excluding hydrogens is 496 g/mol. The summed E-state index contributed by atoms with van der Waals surface area (Å²) in [5.41, 5.74) is 10.1. The van der Waals surface area contributed by atoms with E-state index in [2.05, 4.69) is 36.4 Å². The van der Waals surface area contributed by atoms with Crippen LogP contribution in [-0.4, -0.2) is 20.4 Å². The summed E-state index contributed by atoms with van der Waals surface area (Å²) < 4.78 is 0. The van der Waals surface area contributed by atoms with Crippen LogP contribution in [0.1, 0.15) is 74.0 Å². The number of hydrogen-bond acceptors (Lipinski definition) is 4. The van der Waals surface area contributed by atoms with Crippen molar-refractivity contribution in [3.8, 4) is 23.0 Å². The predicted molar refractivity (Wildman–Crippen MR) is 163 cm³/mol. The van der Waals surface area contributed by atoms with E-state index in [1.807, 2.05) is 60.6 Å². The van der Waals surface area contributed by atoms with Gasteiger partial charge >= 0.3 is 0 Å². The van der Waals surface area contributed by atoms with Gasteiger partial charge in [-0.2, -0.15) is 0 Å². The Kier molecular flexibility index (Phi) is 8.20. The molecule has 4 rings (SSSR count). The summed E-state index contributed by atoms with van der Waals surface area (Å²) in [4.78, 5) is 0. The van der Waals surface area contributed by atoms with Crippen LogP contribution in [0.2, 0.25) is 0 Å². The molecule has 0 saturated carbocycles. The third-order valence-electron chi connectivity index (χ3n) is 8.58. The Hall–Kier alpha value is -3.92. The first-order valence-electron chi connectivity index (χ1n) is 14.0. The summed E-state index contributed by atoms with van der Waals surface area (Å²) in [6.45, 7) is 13.6. The van der Waals surface area contributed by atoms with E-state index in [9.17, 15) is 20.4 Å². The smallest absolute Gasteiger partial charge is 0.121 e. The number of hydrogen-bond donors (Lipinski definition) is 4. The van der Waals surface area contributed by atoms with Crippen LogP contribution in [0.4, 0.5) is 0 Å². The van der Waals surface area contributed by atoms with Gasteiger partial charge in [0.2, 0.25) is 0 Å². The van der Waals surface area contributed by atoms with Gasteiger partial charge in [0.05, 0.1) is 0 Å². The molecule has 4 aromatic carbocycles. The standard InChI is InChI=1S/C36H42O4/c1-21-14-28(8-9-32(21)37)10-12-36(30-17-24(4)34(39)25(5)18-30,31-19-26(6)35(40)27(7)20-31)13-11-29-15-22(2)33(38)23(3)16-29/h8-9,14-20,37-40H,10-13H2,1-7H3. The van der Waals surface area contributed by atoms with Gasteiger partial charge in [0.1, 0.15) is 23.0 Å². The quantitative estimate of drug-likeness (QED) is 0.182. The van der Waals surface area contributed by atoms with Crippen molar-refractivity contribution in [1.82, 2.24) is 0 Å². The maximum atomic E-state index is 10.7. The first-order valence-corrected chi connectivity index (χ1v) is 14.0. The van der Waals surface area contributed by atoms with Gasteiger partial charge in [0.15, 0.2) is 0 Å². The molecule has 0 atom stereocenters. The molecule has 0 spiro atoms. The van der Waals surface area contributed by atoms with Gasteiger partial charge < -0.3 is 20.4 Å². The summed E-state index contributed by atoms with van der Waals surface area (Å²) in [7, 11) is 0. The summed E-state index contributed by atoms with van der Waals surface area (Å²) >= 11 is 0. The lowest BCUT2D eigenvalue weighted by Crippen LogP contribution is -2.30. The molecule has 0 aliphatic rings. The van der Waals surface area contributed by atoms with E-state index in [-0.39, 0.29) is 0 Å². The number of aryl methyl sites for hydroxylation is 9. The third-order valence-corrected chi connectivity index (χ3v) is 8.58. The van der Waals surface area contributed by atoms with Gasteiger partial charge in [-0.3, -0.25) is 0 Å². The number of phenolic OH excluding ortho intramolecular Hbond substituents is 4. The fraction of sp³-hybridized carbons (Fsp3) is 0.333. The van der Waals surface area contributed by atoms with Crippen molar-refractivity contribution in [2.45, 2.75) is 79.6 Å². The molecule has 4 heteroatoms. The maximum absolute atomic E-state index is 10.7. The van der Waals surface area contributed by atoms with Crippen LogP contribution in [0.5, 0.6) is 23.0 Å². The van der Waals surface area contributed by atoms with Crippen LogP contribution in [0.15, 0.2) is 54.6 Å².